The van der Waals surface area contributed by atoms with Crippen LogP contribution in [0.25, 0.3) is 11.6 Å². The molecule has 1 N–H and O–H groups in total. The number of aromatic carboxylic acids is 1. The van der Waals surface area contributed by atoms with Gasteiger partial charge >= 0.3 is 5.97 Å². The lowest BCUT2D eigenvalue weighted by Crippen LogP contribution is -2.54. The van der Waals surface area contributed by atoms with E-state index in [2.05, 4.69) is 52.0 Å². The maximum Gasteiger partial charge on any atom is 0.336 e. The lowest BCUT2D eigenvalue weighted by molar-refractivity contribution is -0.0260. The van der Waals surface area contributed by atoms with Crippen molar-refractivity contribution in [2.75, 3.05) is 0 Å². The highest BCUT2D eigenvalue weighted by Crippen LogP contribution is 2.73. The molecule has 2 heterocycles. The molecular weight excluding hydrogens is 368 g/mol. The number of rotatable bonds is 3. The first-order valence-corrected chi connectivity index (χ1v) is 10.9. The normalized spacial score (nSPS) is 35.6. The molecule has 146 valence electrons. The highest BCUT2D eigenvalue weighted by molar-refractivity contribution is 7.11. The third-order valence-electron chi connectivity index (χ3n) is 8.24. The minimum absolute atomic E-state index is 0.0357. The first-order valence-electron chi connectivity index (χ1n) is 10.0. The first kappa shape index (κ1) is 18.0. The number of benzene rings is 1. The van der Waals surface area contributed by atoms with Crippen molar-refractivity contribution in [3.8, 4) is 5.75 Å². The van der Waals surface area contributed by atoms with Crippen LogP contribution < -0.4 is 4.74 Å². The monoisotopic (exact) mass is 394 g/mol. The van der Waals surface area contributed by atoms with Crippen LogP contribution in [0.15, 0.2) is 29.6 Å². The van der Waals surface area contributed by atoms with Crippen LogP contribution in [0.1, 0.15) is 73.3 Å². The van der Waals surface area contributed by atoms with E-state index < -0.39 is 5.97 Å². The van der Waals surface area contributed by atoms with Gasteiger partial charge in [0, 0.05) is 21.2 Å². The third kappa shape index (κ3) is 2.07. The lowest BCUT2D eigenvalue weighted by Gasteiger charge is -2.48. The van der Waals surface area contributed by atoms with Gasteiger partial charge in [-0.2, -0.15) is 0 Å². The Bertz CT molecular complexity index is 1030. The Morgan fingerprint density at radius 3 is 2.75 bits per heavy atom. The second-order valence-corrected chi connectivity index (χ2v) is 10.4. The number of fused-ring (bicyclic) bond motifs is 7. The van der Waals surface area contributed by atoms with Gasteiger partial charge < -0.3 is 9.84 Å². The molecule has 2 aromatic rings. The van der Waals surface area contributed by atoms with E-state index in [1.807, 2.05) is 0 Å². The van der Waals surface area contributed by atoms with Gasteiger partial charge in [0.2, 0.25) is 0 Å². The van der Waals surface area contributed by atoms with Crippen molar-refractivity contribution in [2.24, 2.45) is 11.3 Å². The van der Waals surface area contributed by atoms with E-state index in [0.717, 1.165) is 16.2 Å². The second kappa shape index (κ2) is 5.50. The van der Waals surface area contributed by atoms with Crippen LogP contribution in [0.3, 0.4) is 0 Å². The highest BCUT2D eigenvalue weighted by Gasteiger charge is 2.73. The number of carboxylic acid groups (broad SMARTS) is 1. The van der Waals surface area contributed by atoms with Crippen LogP contribution >= 0.6 is 11.3 Å². The Hall–Kier alpha value is -2.07. The van der Waals surface area contributed by atoms with Gasteiger partial charge in [-0.25, -0.2) is 4.79 Å². The molecule has 0 amide bonds. The molecule has 2 fully saturated rings. The topological polar surface area (TPSA) is 46.5 Å². The van der Waals surface area contributed by atoms with Crippen molar-refractivity contribution in [1.82, 2.24) is 0 Å². The first-order chi connectivity index (χ1) is 13.2. The third-order valence-corrected chi connectivity index (χ3v) is 9.12. The summed E-state index contributed by atoms with van der Waals surface area (Å²) < 4.78 is 6.62. The van der Waals surface area contributed by atoms with Gasteiger partial charge in [-0.3, -0.25) is 0 Å². The molecular formula is C24H26O3S. The molecule has 1 aliphatic heterocycles. The molecule has 0 radical (unpaired) electrons. The van der Waals surface area contributed by atoms with Crippen molar-refractivity contribution in [3.63, 3.8) is 0 Å². The molecule has 1 aromatic heterocycles. The summed E-state index contributed by atoms with van der Waals surface area (Å²) in [6.45, 7) is 9.29. The van der Waals surface area contributed by atoms with Crippen LogP contribution in [0, 0.1) is 11.3 Å². The standard InChI is InChI=1S/C24H26O3S/c1-14(9-18-10-16(13-28-18)21(25)26)15-5-6-20-19(11-15)23(3)22(2)8-7-17(12-22)24(23,4)27-20/h5-6,9-11,13,17H,7-8,12H2,1-4H3,(H,25,26)/b14-9+. The molecule has 28 heavy (non-hydrogen) atoms. The Morgan fingerprint density at radius 2 is 2.04 bits per heavy atom. The van der Waals surface area contributed by atoms with Crippen LogP contribution in [0.4, 0.5) is 0 Å². The predicted octanol–water partition coefficient (Wildman–Crippen LogP) is 6.24. The molecule has 3 aliphatic rings. The van der Waals surface area contributed by atoms with E-state index >= 15 is 0 Å². The van der Waals surface area contributed by atoms with E-state index in [1.165, 1.54) is 41.7 Å². The Balaban J connectivity index is 1.56. The summed E-state index contributed by atoms with van der Waals surface area (Å²) >= 11 is 1.47. The minimum Gasteiger partial charge on any atom is -0.486 e. The molecule has 2 saturated carbocycles. The predicted molar refractivity (Wildman–Crippen MR) is 113 cm³/mol. The molecule has 2 bridgehead atoms. The summed E-state index contributed by atoms with van der Waals surface area (Å²) in [6.07, 6.45) is 5.88. The SMILES string of the molecule is C/C(=C\c1cc(C(=O)O)cs1)c1ccc2c(c1)C1(C)C3(C)CCC(C3)C1(C)O2. The van der Waals surface area contributed by atoms with Crippen LogP contribution in [-0.4, -0.2) is 16.7 Å². The van der Waals surface area contributed by atoms with Gasteiger partial charge in [-0.15, -0.1) is 11.3 Å². The van der Waals surface area contributed by atoms with E-state index in [4.69, 9.17) is 9.84 Å². The van der Waals surface area contributed by atoms with Crippen LogP contribution in [0.5, 0.6) is 5.75 Å². The molecule has 5 rings (SSSR count). The fourth-order valence-electron chi connectivity index (χ4n) is 6.27. The van der Waals surface area contributed by atoms with Crippen molar-refractivity contribution in [3.05, 3.63) is 51.2 Å². The number of carboxylic acids is 1. The van der Waals surface area contributed by atoms with Crippen molar-refractivity contribution in [2.45, 2.75) is 58.0 Å². The summed E-state index contributed by atoms with van der Waals surface area (Å²) in [5.41, 5.74) is 4.25. The summed E-state index contributed by atoms with van der Waals surface area (Å²) in [4.78, 5) is 12.1. The minimum atomic E-state index is -0.875. The van der Waals surface area contributed by atoms with Gasteiger partial charge in [0.15, 0.2) is 0 Å². The number of allylic oxidation sites excluding steroid dienone is 1. The Kier molecular flexibility index (Phi) is 3.54. The second-order valence-electron chi connectivity index (χ2n) is 9.42. The van der Waals surface area contributed by atoms with Gasteiger partial charge in [-0.05, 0) is 79.9 Å². The highest BCUT2D eigenvalue weighted by atomic mass is 32.1. The van der Waals surface area contributed by atoms with Gasteiger partial charge in [0.25, 0.3) is 0 Å². The number of hydrogen-bond acceptors (Lipinski definition) is 3. The molecule has 0 spiro atoms. The molecule has 0 saturated heterocycles. The van der Waals surface area contributed by atoms with Crippen molar-refractivity contribution in [1.29, 1.82) is 0 Å². The summed E-state index contributed by atoms with van der Waals surface area (Å²) in [5, 5.41) is 10.8. The lowest BCUT2D eigenvalue weighted by atomic mass is 9.56. The van der Waals surface area contributed by atoms with Gasteiger partial charge in [0.1, 0.15) is 11.4 Å². The summed E-state index contributed by atoms with van der Waals surface area (Å²) in [6, 6.07) is 8.33. The average Bonchev–Trinajstić information content (AvgIpc) is 3.35. The summed E-state index contributed by atoms with van der Waals surface area (Å²) in [7, 11) is 0. The quantitative estimate of drug-likeness (QED) is 0.671. The van der Waals surface area contributed by atoms with Crippen LogP contribution in [-0.2, 0) is 5.41 Å². The van der Waals surface area contributed by atoms with Crippen molar-refractivity contribution < 1.29 is 14.6 Å². The van der Waals surface area contributed by atoms with Crippen LogP contribution in [0.2, 0.25) is 0 Å². The zero-order valence-corrected chi connectivity index (χ0v) is 17.7. The fraction of sp³-hybridized carbons (Fsp3) is 0.458. The number of ether oxygens (including phenoxy) is 1. The zero-order valence-electron chi connectivity index (χ0n) is 16.8. The van der Waals surface area contributed by atoms with E-state index in [9.17, 15) is 4.79 Å². The molecule has 4 atom stereocenters. The maximum atomic E-state index is 11.1. The summed E-state index contributed by atoms with van der Waals surface area (Å²) in [5.74, 6) is 0.805. The average molecular weight is 395 g/mol. The smallest absolute Gasteiger partial charge is 0.336 e. The van der Waals surface area contributed by atoms with E-state index in [-0.39, 0.29) is 16.4 Å². The van der Waals surface area contributed by atoms with E-state index in [0.29, 0.717) is 11.5 Å². The molecule has 4 unspecified atom stereocenters. The molecule has 4 heteroatoms. The Morgan fingerprint density at radius 1 is 1.25 bits per heavy atom. The number of hydrogen-bond donors (Lipinski definition) is 1. The molecule has 2 aliphatic carbocycles. The molecule has 1 aromatic carbocycles. The number of carbonyl (C=O) groups is 1. The maximum absolute atomic E-state index is 11.1. The molecule has 3 nitrogen and oxygen atoms in total. The Labute approximate surface area is 170 Å². The number of thiophene rings is 1. The zero-order chi connectivity index (χ0) is 19.9. The fourth-order valence-corrected chi connectivity index (χ4v) is 7.14. The van der Waals surface area contributed by atoms with Crippen molar-refractivity contribution >= 4 is 29.0 Å². The van der Waals surface area contributed by atoms with Gasteiger partial charge in [-0.1, -0.05) is 19.9 Å². The largest absolute Gasteiger partial charge is 0.486 e. The van der Waals surface area contributed by atoms with E-state index in [1.54, 1.807) is 11.4 Å². The van der Waals surface area contributed by atoms with Gasteiger partial charge in [0.05, 0.1) is 5.56 Å².